The van der Waals surface area contributed by atoms with Gasteiger partial charge in [-0.1, -0.05) is 11.6 Å². The van der Waals surface area contributed by atoms with Crippen molar-refractivity contribution in [2.75, 3.05) is 0 Å². The van der Waals surface area contributed by atoms with Gasteiger partial charge in [0.2, 0.25) is 12.3 Å². The molecular weight excluding hydrogens is 560 g/mol. The molecule has 0 aromatic rings. The van der Waals surface area contributed by atoms with Crippen molar-refractivity contribution in [2.45, 2.75) is 60.2 Å². The van der Waals surface area contributed by atoms with Gasteiger partial charge in [0.25, 0.3) is 18.2 Å². The lowest BCUT2D eigenvalue weighted by atomic mass is 9.84. The molecule has 0 aromatic heterocycles. The number of allylic oxidation sites excluding steroid dienone is 1. The molecule has 3 atom stereocenters. The zero-order valence-electron chi connectivity index (χ0n) is 14.2. The van der Waals surface area contributed by atoms with Gasteiger partial charge >= 0.3 is 35.8 Å². The summed E-state index contributed by atoms with van der Waals surface area (Å²) in [6, 6.07) is 0. The van der Waals surface area contributed by atoms with Gasteiger partial charge in [-0.25, -0.2) is 26.3 Å². The molecule has 0 rings (SSSR count). The van der Waals surface area contributed by atoms with Gasteiger partial charge in [0.05, 0.1) is 0 Å². The Balaban J connectivity index is 6.90. The minimum Gasteiger partial charge on any atom is -0.234 e. The summed E-state index contributed by atoms with van der Waals surface area (Å²) in [4.78, 5) is 0. The Bertz CT molecular complexity index is 714. The lowest BCUT2D eigenvalue weighted by molar-refractivity contribution is -0.415. The van der Waals surface area contributed by atoms with Gasteiger partial charge in [0, 0.05) is 0 Å². The molecule has 21 heteroatoms. The zero-order valence-corrected chi connectivity index (χ0v) is 14.9. The smallest absolute Gasteiger partial charge is 0.234 e. The van der Waals surface area contributed by atoms with Crippen LogP contribution >= 0.6 is 11.6 Å². The van der Waals surface area contributed by atoms with Crippen LogP contribution in [0.15, 0.2) is 11.1 Å². The van der Waals surface area contributed by atoms with Crippen molar-refractivity contribution >= 4 is 11.6 Å². The topological polar surface area (TPSA) is 0 Å². The first-order valence-corrected chi connectivity index (χ1v) is 7.41. The average molecular weight is 563 g/mol. The van der Waals surface area contributed by atoms with E-state index in [1.807, 2.05) is 0 Å². The van der Waals surface area contributed by atoms with Crippen molar-refractivity contribution in [1.82, 2.24) is 0 Å². The number of hydrogen-bond acceptors (Lipinski definition) is 0. The highest BCUT2D eigenvalue weighted by molar-refractivity contribution is 6.31. The molecule has 0 aliphatic rings. The fraction of sp³-hybridized carbons (Fsp3) is 0.833. The molecule has 3 unspecified atom stereocenters. The second-order valence-electron chi connectivity index (χ2n) is 5.89. The van der Waals surface area contributed by atoms with Crippen LogP contribution in [0.25, 0.3) is 0 Å². The van der Waals surface area contributed by atoms with Crippen LogP contribution in [-0.2, 0) is 0 Å². The van der Waals surface area contributed by atoms with Crippen LogP contribution in [-0.4, -0.2) is 60.2 Å². The standard InChI is InChI=1S/C12H3ClF20/c13-1(2(14)15)6(20,5(18)19)8(23,24)3(16)7(21,22)4(17)9(25,26)10(27,11(28,29)30)12(31,32)33/h3-5H. The van der Waals surface area contributed by atoms with E-state index in [4.69, 9.17) is 0 Å². The summed E-state index contributed by atoms with van der Waals surface area (Å²) in [7, 11) is 0. The summed E-state index contributed by atoms with van der Waals surface area (Å²) >= 11 is 4.04. The van der Waals surface area contributed by atoms with E-state index in [2.05, 4.69) is 11.6 Å². The molecule has 0 saturated carbocycles. The predicted octanol–water partition coefficient (Wildman–Crippen LogP) is 7.72. The van der Waals surface area contributed by atoms with Crippen LogP contribution in [0.1, 0.15) is 0 Å². The fourth-order valence-electron chi connectivity index (χ4n) is 2.03. The zero-order chi connectivity index (χ0) is 27.4. The first-order valence-electron chi connectivity index (χ1n) is 7.03. The number of rotatable bonds is 8. The normalized spacial score (nSPS) is 18.7. The van der Waals surface area contributed by atoms with Crippen LogP contribution in [0.4, 0.5) is 87.8 Å². The quantitative estimate of drug-likeness (QED) is 0.266. The first kappa shape index (κ1) is 31.6. The molecule has 33 heavy (non-hydrogen) atoms. The van der Waals surface area contributed by atoms with Crippen LogP contribution in [0.2, 0.25) is 0 Å². The maximum atomic E-state index is 13.8. The third-order valence-corrected chi connectivity index (χ3v) is 4.24. The van der Waals surface area contributed by atoms with E-state index in [1.165, 1.54) is 0 Å². The van der Waals surface area contributed by atoms with Crippen LogP contribution in [0, 0.1) is 0 Å². The van der Waals surface area contributed by atoms with Gasteiger partial charge in [-0.05, 0) is 0 Å². The van der Waals surface area contributed by atoms with Crippen LogP contribution in [0.3, 0.4) is 0 Å². The van der Waals surface area contributed by atoms with Crippen molar-refractivity contribution in [3.63, 3.8) is 0 Å². The molecule has 0 nitrogen and oxygen atoms in total. The van der Waals surface area contributed by atoms with Crippen LogP contribution in [0.5, 0.6) is 0 Å². The van der Waals surface area contributed by atoms with Crippen molar-refractivity contribution < 1.29 is 87.8 Å². The largest absolute Gasteiger partial charge is 0.437 e. The molecule has 0 amide bonds. The van der Waals surface area contributed by atoms with Crippen molar-refractivity contribution in [3.8, 4) is 0 Å². The van der Waals surface area contributed by atoms with Gasteiger partial charge < -0.3 is 0 Å². The Labute approximate surface area is 172 Å². The SMILES string of the molecule is FC(F)=C(Cl)C(F)(C(F)F)C(F)(F)C(F)C(F)(F)C(F)C(F)(F)C(F)(C(F)(F)F)C(F)(F)F. The first-order chi connectivity index (χ1) is 14.1. The molecule has 0 heterocycles. The number of hydrogen-bond donors (Lipinski definition) is 0. The van der Waals surface area contributed by atoms with E-state index in [0.29, 0.717) is 0 Å². The Morgan fingerprint density at radius 3 is 1.09 bits per heavy atom. The lowest BCUT2D eigenvalue weighted by Crippen LogP contribution is -2.72. The minimum atomic E-state index is -8.33. The number of alkyl halides is 18. The molecule has 198 valence electrons. The molecule has 0 aliphatic heterocycles. The highest BCUT2D eigenvalue weighted by Gasteiger charge is 2.89. The van der Waals surface area contributed by atoms with E-state index < -0.39 is 71.3 Å². The lowest BCUT2D eigenvalue weighted by Gasteiger charge is -2.41. The Morgan fingerprint density at radius 2 is 0.848 bits per heavy atom. The predicted molar refractivity (Wildman–Crippen MR) is 65.5 cm³/mol. The third kappa shape index (κ3) is 4.51. The van der Waals surface area contributed by atoms with Gasteiger partial charge in [-0.15, -0.1) is 0 Å². The second-order valence-corrected chi connectivity index (χ2v) is 6.26. The van der Waals surface area contributed by atoms with E-state index in [0.717, 1.165) is 0 Å². The van der Waals surface area contributed by atoms with Crippen molar-refractivity contribution in [1.29, 1.82) is 0 Å². The van der Waals surface area contributed by atoms with E-state index in [-0.39, 0.29) is 0 Å². The molecule has 0 saturated heterocycles. The monoisotopic (exact) mass is 562 g/mol. The Morgan fingerprint density at radius 1 is 0.545 bits per heavy atom. The highest BCUT2D eigenvalue weighted by Crippen LogP contribution is 2.60. The molecule has 0 bridgehead atoms. The average Bonchev–Trinajstić information content (AvgIpc) is 2.61. The highest BCUT2D eigenvalue weighted by atomic mass is 35.5. The fourth-order valence-corrected chi connectivity index (χ4v) is 2.24. The van der Waals surface area contributed by atoms with E-state index in [9.17, 15) is 87.8 Å². The summed E-state index contributed by atoms with van der Waals surface area (Å²) in [5, 5.41) is -3.77. The molecule has 0 spiro atoms. The van der Waals surface area contributed by atoms with Gasteiger partial charge in [0.1, 0.15) is 5.03 Å². The molecule has 0 aromatic carbocycles. The molecule has 0 aliphatic carbocycles. The maximum Gasteiger partial charge on any atom is 0.437 e. The summed E-state index contributed by atoms with van der Waals surface area (Å²) in [5.74, 6) is -23.6. The van der Waals surface area contributed by atoms with Crippen molar-refractivity contribution in [2.24, 2.45) is 0 Å². The van der Waals surface area contributed by atoms with Gasteiger partial charge in [0.15, 0.2) is 0 Å². The summed E-state index contributed by atoms with van der Waals surface area (Å²) < 4.78 is 258. The summed E-state index contributed by atoms with van der Waals surface area (Å²) in [5.41, 5.74) is -15.1. The number of halogens is 21. The Kier molecular flexibility index (Phi) is 8.33. The van der Waals surface area contributed by atoms with Gasteiger partial charge in [-0.3, -0.25) is 0 Å². The molecule has 0 N–H and O–H groups in total. The van der Waals surface area contributed by atoms with Gasteiger partial charge in [-0.2, -0.15) is 61.5 Å². The maximum absolute atomic E-state index is 13.8. The minimum absolute atomic E-state index is 3.77. The summed E-state index contributed by atoms with van der Waals surface area (Å²) in [6.45, 7) is 0. The summed E-state index contributed by atoms with van der Waals surface area (Å²) in [6.07, 6.45) is -39.5. The van der Waals surface area contributed by atoms with Crippen LogP contribution < -0.4 is 0 Å². The second kappa shape index (κ2) is 8.69. The molecule has 0 radical (unpaired) electrons. The third-order valence-electron chi connectivity index (χ3n) is 3.82. The van der Waals surface area contributed by atoms with E-state index in [1.54, 1.807) is 0 Å². The van der Waals surface area contributed by atoms with Crippen molar-refractivity contribution in [3.05, 3.63) is 11.1 Å². The molecular formula is C12H3ClF20. The van der Waals surface area contributed by atoms with E-state index >= 15 is 0 Å². The Hall–Kier alpha value is -1.37. The molecule has 0 fully saturated rings.